The molecular formula is C20H21N3O2. The van der Waals surface area contributed by atoms with E-state index in [2.05, 4.69) is 28.1 Å². The Hall–Kier alpha value is -3.08. The van der Waals surface area contributed by atoms with E-state index < -0.39 is 0 Å². The number of para-hydroxylation sites is 1. The van der Waals surface area contributed by atoms with Gasteiger partial charge in [0.2, 0.25) is 0 Å². The second-order valence-corrected chi connectivity index (χ2v) is 5.99. The number of nitrogens with one attached hydrogen (secondary N) is 3. The van der Waals surface area contributed by atoms with Crippen LogP contribution >= 0.6 is 0 Å². The van der Waals surface area contributed by atoms with Crippen LogP contribution in [0, 0.1) is 0 Å². The van der Waals surface area contributed by atoms with Crippen molar-refractivity contribution in [2.45, 2.75) is 25.4 Å². The number of hydrogen-bond acceptors (Lipinski definition) is 2. The van der Waals surface area contributed by atoms with Crippen molar-refractivity contribution in [1.82, 2.24) is 10.6 Å². The first-order valence-electron chi connectivity index (χ1n) is 8.35. The molecule has 3 N–H and O–H groups in total. The molecule has 0 saturated carbocycles. The summed E-state index contributed by atoms with van der Waals surface area (Å²) in [7, 11) is 0. The second kappa shape index (κ2) is 8.15. The molecule has 3 amide bonds. The number of urea groups is 1. The topological polar surface area (TPSA) is 70.2 Å². The molecule has 0 heterocycles. The third-order valence-electron chi connectivity index (χ3n) is 4.02. The summed E-state index contributed by atoms with van der Waals surface area (Å²) in [5, 5.41) is 8.61. The number of anilines is 1. The molecule has 5 heteroatoms. The Kier molecular flexibility index (Phi) is 5.46. The first-order chi connectivity index (χ1) is 12.2. The molecule has 0 spiro atoms. The van der Waals surface area contributed by atoms with Gasteiger partial charge in [0.05, 0.1) is 0 Å². The highest BCUT2D eigenvalue weighted by Gasteiger charge is 2.13. The van der Waals surface area contributed by atoms with E-state index in [1.165, 1.54) is 0 Å². The van der Waals surface area contributed by atoms with Crippen molar-refractivity contribution in [2.75, 3.05) is 5.32 Å². The van der Waals surface area contributed by atoms with Gasteiger partial charge in [-0.25, -0.2) is 4.79 Å². The predicted molar refractivity (Wildman–Crippen MR) is 98.4 cm³/mol. The molecule has 0 fully saturated rings. The molecule has 2 aromatic rings. The van der Waals surface area contributed by atoms with Gasteiger partial charge in [0.1, 0.15) is 0 Å². The van der Waals surface area contributed by atoms with Crippen molar-refractivity contribution in [2.24, 2.45) is 0 Å². The van der Waals surface area contributed by atoms with E-state index in [4.69, 9.17) is 0 Å². The maximum absolute atomic E-state index is 12.3. The van der Waals surface area contributed by atoms with Gasteiger partial charge in [0, 0.05) is 23.8 Å². The zero-order valence-corrected chi connectivity index (χ0v) is 13.9. The highest BCUT2D eigenvalue weighted by molar-refractivity contribution is 6.04. The van der Waals surface area contributed by atoms with Gasteiger partial charge in [-0.2, -0.15) is 0 Å². The van der Waals surface area contributed by atoms with Crippen molar-refractivity contribution in [3.05, 3.63) is 77.9 Å². The zero-order chi connectivity index (χ0) is 17.5. The summed E-state index contributed by atoms with van der Waals surface area (Å²) in [5.74, 6) is -0.172. The van der Waals surface area contributed by atoms with E-state index in [9.17, 15) is 9.59 Å². The van der Waals surface area contributed by atoms with E-state index in [1.807, 2.05) is 42.5 Å². The smallest absolute Gasteiger partial charge is 0.315 e. The molecule has 0 atom stereocenters. The van der Waals surface area contributed by atoms with Crippen LogP contribution in [0.3, 0.4) is 0 Å². The number of carbonyl (C=O) groups excluding carboxylic acids is 2. The summed E-state index contributed by atoms with van der Waals surface area (Å²) >= 11 is 0. The van der Waals surface area contributed by atoms with Crippen LogP contribution in [0.25, 0.3) is 0 Å². The maximum Gasteiger partial charge on any atom is 0.315 e. The molecule has 0 bridgehead atoms. The molecule has 3 rings (SSSR count). The van der Waals surface area contributed by atoms with Gasteiger partial charge in [0.15, 0.2) is 0 Å². The fourth-order valence-electron chi connectivity index (χ4n) is 2.70. The minimum atomic E-state index is -0.187. The highest BCUT2D eigenvalue weighted by Crippen LogP contribution is 2.11. The first kappa shape index (κ1) is 16.8. The average molecular weight is 335 g/mol. The van der Waals surface area contributed by atoms with Gasteiger partial charge in [-0.3, -0.25) is 4.79 Å². The Morgan fingerprint density at radius 1 is 0.960 bits per heavy atom. The van der Waals surface area contributed by atoms with E-state index in [-0.39, 0.29) is 18.0 Å². The molecule has 128 valence electrons. The number of amides is 3. The van der Waals surface area contributed by atoms with E-state index in [1.54, 1.807) is 12.1 Å². The van der Waals surface area contributed by atoms with Gasteiger partial charge in [-0.15, -0.1) is 0 Å². The third kappa shape index (κ3) is 4.94. The van der Waals surface area contributed by atoms with Crippen LogP contribution in [0.5, 0.6) is 0 Å². The summed E-state index contributed by atoms with van der Waals surface area (Å²) < 4.78 is 0. The van der Waals surface area contributed by atoms with Crippen LogP contribution in [0.4, 0.5) is 10.5 Å². The minimum absolute atomic E-state index is 0.172. The van der Waals surface area contributed by atoms with Crippen LogP contribution in [0.2, 0.25) is 0 Å². The normalized spacial score (nSPS) is 13.4. The Labute approximate surface area is 147 Å². The summed E-state index contributed by atoms with van der Waals surface area (Å²) in [6.45, 7) is 0.373. The second-order valence-electron chi connectivity index (χ2n) is 5.99. The standard InChI is InChI=1S/C20H21N3O2/c24-19(22-17-9-2-1-3-10-17)16-8-6-7-15(13-16)14-21-20(25)23-18-11-4-5-12-18/h1-10,13,18H,11-12,14H2,(H,22,24)(H2,21,23,25). The Bertz CT molecular complexity index is 764. The van der Waals surface area contributed by atoms with Gasteiger partial charge >= 0.3 is 6.03 Å². The van der Waals surface area contributed by atoms with Gasteiger partial charge in [0.25, 0.3) is 5.91 Å². The fourth-order valence-corrected chi connectivity index (χ4v) is 2.70. The van der Waals surface area contributed by atoms with Gasteiger partial charge < -0.3 is 16.0 Å². The summed E-state index contributed by atoms with van der Waals surface area (Å²) in [6.07, 6.45) is 5.89. The van der Waals surface area contributed by atoms with Crippen molar-refractivity contribution in [1.29, 1.82) is 0 Å². The number of rotatable bonds is 5. The Balaban J connectivity index is 1.53. The van der Waals surface area contributed by atoms with Crippen molar-refractivity contribution >= 4 is 17.6 Å². The molecule has 25 heavy (non-hydrogen) atoms. The van der Waals surface area contributed by atoms with Crippen molar-refractivity contribution in [3.8, 4) is 0 Å². The fraction of sp³-hybridized carbons (Fsp3) is 0.200. The summed E-state index contributed by atoms with van der Waals surface area (Å²) in [5.41, 5.74) is 2.18. The van der Waals surface area contributed by atoms with Crippen LogP contribution < -0.4 is 16.0 Å². The zero-order valence-electron chi connectivity index (χ0n) is 13.9. The maximum atomic E-state index is 12.3. The SMILES string of the molecule is O=C(NCc1cccc(C(=O)Nc2ccccc2)c1)NC1CC=CC1. The molecule has 5 nitrogen and oxygen atoms in total. The molecule has 0 unspecified atom stereocenters. The minimum Gasteiger partial charge on any atom is -0.335 e. The number of benzene rings is 2. The van der Waals surface area contributed by atoms with E-state index in [0.29, 0.717) is 12.1 Å². The van der Waals surface area contributed by atoms with Crippen LogP contribution in [0.15, 0.2) is 66.7 Å². The molecular weight excluding hydrogens is 314 g/mol. The predicted octanol–water partition coefficient (Wildman–Crippen LogP) is 3.46. The Morgan fingerprint density at radius 3 is 2.48 bits per heavy atom. The lowest BCUT2D eigenvalue weighted by molar-refractivity contribution is 0.102. The molecule has 0 aliphatic heterocycles. The van der Waals surface area contributed by atoms with Gasteiger partial charge in [-0.1, -0.05) is 42.5 Å². The molecule has 1 aliphatic carbocycles. The summed E-state index contributed by atoms with van der Waals surface area (Å²) in [6, 6.07) is 16.6. The van der Waals surface area contributed by atoms with Crippen LogP contribution in [0.1, 0.15) is 28.8 Å². The lowest BCUT2D eigenvalue weighted by Crippen LogP contribution is -2.40. The van der Waals surface area contributed by atoms with Crippen LogP contribution in [-0.4, -0.2) is 18.0 Å². The summed E-state index contributed by atoms with van der Waals surface area (Å²) in [4.78, 5) is 24.2. The van der Waals surface area contributed by atoms with E-state index in [0.717, 1.165) is 24.1 Å². The highest BCUT2D eigenvalue weighted by atomic mass is 16.2. The number of carbonyl (C=O) groups is 2. The van der Waals surface area contributed by atoms with Crippen LogP contribution in [-0.2, 0) is 6.54 Å². The first-order valence-corrected chi connectivity index (χ1v) is 8.35. The van der Waals surface area contributed by atoms with Crippen molar-refractivity contribution in [3.63, 3.8) is 0 Å². The lowest BCUT2D eigenvalue weighted by atomic mass is 10.1. The van der Waals surface area contributed by atoms with Gasteiger partial charge in [-0.05, 0) is 42.7 Å². The average Bonchev–Trinajstić information content (AvgIpc) is 3.14. The van der Waals surface area contributed by atoms with E-state index >= 15 is 0 Å². The third-order valence-corrected chi connectivity index (χ3v) is 4.02. The molecule has 1 aliphatic rings. The lowest BCUT2D eigenvalue weighted by Gasteiger charge is -2.13. The Morgan fingerprint density at radius 2 is 1.72 bits per heavy atom. The quantitative estimate of drug-likeness (QED) is 0.732. The molecule has 2 aromatic carbocycles. The molecule has 0 radical (unpaired) electrons. The largest absolute Gasteiger partial charge is 0.335 e. The molecule has 0 aromatic heterocycles. The van der Waals surface area contributed by atoms with Crippen molar-refractivity contribution < 1.29 is 9.59 Å². The monoisotopic (exact) mass is 335 g/mol. The molecule has 0 saturated heterocycles. The number of hydrogen-bond donors (Lipinski definition) is 3.